The number of amides is 2. The molecule has 0 bridgehead atoms. The average molecular weight is 848 g/mol. The molecule has 7 N–H and O–H groups in total. The van der Waals surface area contributed by atoms with Crippen LogP contribution in [0.1, 0.15) is 107 Å². The number of fused-ring (bicyclic) bond motifs is 2. The topological polar surface area (TPSA) is 204 Å². The zero-order valence-corrected chi connectivity index (χ0v) is 35.9. The number of hydrogen-bond donors (Lipinski definition) is 7. The number of sulfonamides is 1. The molecule has 8 rings (SSSR count). The van der Waals surface area contributed by atoms with E-state index in [1.165, 1.54) is 10.5 Å². The number of rotatable bonds is 10. The van der Waals surface area contributed by atoms with Crippen molar-refractivity contribution in [2.75, 3.05) is 16.4 Å². The van der Waals surface area contributed by atoms with E-state index < -0.39 is 19.2 Å². The third-order valence-corrected chi connectivity index (χ3v) is 15.0. The lowest BCUT2D eigenvalue weighted by atomic mass is 10.0. The van der Waals surface area contributed by atoms with E-state index in [1.54, 1.807) is 12.1 Å². The summed E-state index contributed by atoms with van der Waals surface area (Å²) in [4.78, 5) is 25.2. The van der Waals surface area contributed by atoms with Crippen LogP contribution in [0.4, 0.5) is 32.6 Å². The van der Waals surface area contributed by atoms with Gasteiger partial charge >= 0.3 is 12.2 Å². The highest BCUT2D eigenvalue weighted by molar-refractivity contribution is 8.27. The zero-order chi connectivity index (χ0) is 41.9. The second-order valence-corrected chi connectivity index (χ2v) is 21.3. The molecule has 17 heteroatoms. The minimum absolute atomic E-state index is 0.0396. The lowest BCUT2D eigenvalue weighted by Crippen LogP contribution is -2.33. The second kappa shape index (κ2) is 17.7. The number of carbonyl (C=O) groups is 2. The van der Waals surface area contributed by atoms with Gasteiger partial charge in [-0.15, -0.1) is 0 Å². The first-order chi connectivity index (χ1) is 28.1. The standard InChI is InChI=1S/C23H32N4O2S.C19H25N5O4S/c1-15(2)24-23(28)29-19-9-7-16(13-19)20-14-22(27-26-20)25-18-8-10-21-17(12-18)6-5-11-30(21,3)4;1-11(2)21-19(25)28-15-6-4-12(7-15)16-9-18(24-23-16)22-14-5-3-13-10-20-29(26,27)17(13)8-14/h8,10,12,14-16,19H,3-7,9,11,13H2,1-2H3,(H,24,28)(H2,25,26,27);3,5,8-9,11-12,15,20H,4,6-7,10H2,1-2H3,(H,21,25)(H2,22,23,24)/t16-,19?;12-,15?/m00/s1. The van der Waals surface area contributed by atoms with Gasteiger partial charge in [0.05, 0.1) is 4.90 Å². The molecule has 2 aliphatic heterocycles. The van der Waals surface area contributed by atoms with Gasteiger partial charge in [0.15, 0.2) is 11.6 Å². The summed E-state index contributed by atoms with van der Waals surface area (Å²) < 4.78 is 37.5. The van der Waals surface area contributed by atoms with E-state index in [0.717, 1.165) is 85.6 Å². The quantitative estimate of drug-likeness (QED) is 0.0778. The molecular weight excluding hydrogens is 791 g/mol. The van der Waals surface area contributed by atoms with Crippen LogP contribution in [0.3, 0.4) is 0 Å². The fourth-order valence-corrected chi connectivity index (χ4v) is 11.5. The summed E-state index contributed by atoms with van der Waals surface area (Å²) in [6.07, 6.45) is 6.55. The highest BCUT2D eigenvalue weighted by Crippen LogP contribution is 2.42. The van der Waals surface area contributed by atoms with E-state index in [1.807, 2.05) is 39.8 Å². The lowest BCUT2D eigenvalue weighted by molar-refractivity contribution is 0.0972. The number of alkyl carbamates (subject to hydrolysis) is 2. The Morgan fingerprint density at radius 1 is 0.729 bits per heavy atom. The second-order valence-electron chi connectivity index (χ2n) is 16.7. The molecule has 0 spiro atoms. The maximum Gasteiger partial charge on any atom is 0.407 e. The van der Waals surface area contributed by atoms with Gasteiger partial charge in [-0.1, -0.05) is 17.8 Å². The molecule has 4 aliphatic rings. The van der Waals surface area contributed by atoms with Crippen molar-refractivity contribution in [3.05, 3.63) is 71.0 Å². The van der Waals surface area contributed by atoms with Crippen molar-refractivity contribution in [2.24, 2.45) is 0 Å². The zero-order valence-electron chi connectivity index (χ0n) is 34.2. The minimum atomic E-state index is -3.42. The van der Waals surface area contributed by atoms with E-state index in [9.17, 15) is 18.0 Å². The molecule has 59 heavy (non-hydrogen) atoms. The predicted molar refractivity (Wildman–Crippen MR) is 234 cm³/mol. The van der Waals surface area contributed by atoms with E-state index in [4.69, 9.17) is 9.47 Å². The molecule has 2 unspecified atom stereocenters. The van der Waals surface area contributed by atoms with Crippen LogP contribution in [0.25, 0.3) is 0 Å². The molecule has 4 aromatic rings. The smallest absolute Gasteiger partial charge is 0.407 e. The maximum absolute atomic E-state index is 12.0. The number of H-pyrrole nitrogens is 2. The third-order valence-electron chi connectivity index (χ3n) is 11.1. The van der Waals surface area contributed by atoms with Gasteiger partial charge in [-0.2, -0.15) is 19.4 Å². The van der Waals surface area contributed by atoms with Crippen molar-refractivity contribution < 1.29 is 27.5 Å². The van der Waals surface area contributed by atoms with Crippen LogP contribution in [-0.2, 0) is 32.5 Å². The Balaban J connectivity index is 0.000000179. The fraction of sp³-hybridized carbons (Fsp3) is 0.476. The fourth-order valence-electron chi connectivity index (χ4n) is 8.22. The van der Waals surface area contributed by atoms with Crippen molar-refractivity contribution in [1.29, 1.82) is 0 Å². The van der Waals surface area contributed by atoms with Crippen LogP contribution in [0.15, 0.2) is 58.3 Å². The van der Waals surface area contributed by atoms with Crippen LogP contribution in [0.2, 0.25) is 0 Å². The van der Waals surface area contributed by atoms with Gasteiger partial charge in [0.2, 0.25) is 10.0 Å². The number of ether oxygens (including phenoxy) is 2. The number of aryl methyl sites for hydroxylation is 1. The summed E-state index contributed by atoms with van der Waals surface area (Å²) >= 11 is 0. The van der Waals surface area contributed by atoms with Crippen LogP contribution in [-0.4, -0.2) is 82.8 Å². The van der Waals surface area contributed by atoms with Gasteiger partial charge in [0.1, 0.15) is 12.2 Å². The van der Waals surface area contributed by atoms with Crippen molar-refractivity contribution in [3.8, 4) is 0 Å². The number of aromatic nitrogens is 4. The number of aromatic amines is 2. The normalized spacial score (nSPS) is 22.5. The number of nitrogens with zero attached hydrogens (tertiary/aromatic N) is 2. The molecule has 0 radical (unpaired) electrons. The number of nitrogens with one attached hydrogen (secondary N) is 7. The van der Waals surface area contributed by atoms with Gasteiger partial charge < -0.3 is 30.7 Å². The monoisotopic (exact) mass is 847 g/mol. The molecule has 2 aromatic carbocycles. The Kier molecular flexibility index (Phi) is 12.6. The maximum atomic E-state index is 12.0. The van der Waals surface area contributed by atoms with Gasteiger partial charge in [-0.3, -0.25) is 10.2 Å². The van der Waals surface area contributed by atoms with Crippen molar-refractivity contribution in [1.82, 2.24) is 35.8 Å². The van der Waals surface area contributed by atoms with E-state index in [2.05, 4.69) is 82.4 Å². The minimum Gasteiger partial charge on any atom is -0.446 e. The first kappa shape index (κ1) is 42.1. The third kappa shape index (κ3) is 10.6. The van der Waals surface area contributed by atoms with Crippen molar-refractivity contribution in [2.45, 2.75) is 132 Å². The predicted octanol–water partition coefficient (Wildman–Crippen LogP) is 7.61. The van der Waals surface area contributed by atoms with Crippen LogP contribution in [0, 0.1) is 0 Å². The summed E-state index contributed by atoms with van der Waals surface area (Å²) in [5.74, 6) is 11.8. The van der Waals surface area contributed by atoms with Gasteiger partial charge in [-0.05, 0) is 131 Å². The van der Waals surface area contributed by atoms with E-state index in [0.29, 0.717) is 28.9 Å². The molecule has 0 saturated heterocycles. The molecule has 4 heterocycles. The molecule has 2 aliphatic carbocycles. The molecule has 2 saturated carbocycles. The lowest BCUT2D eigenvalue weighted by Gasteiger charge is -2.25. The molecule has 2 fully saturated rings. The Morgan fingerprint density at radius 3 is 1.83 bits per heavy atom. The van der Waals surface area contributed by atoms with Gasteiger partial charge in [0, 0.05) is 65.4 Å². The SMILES string of the molecule is C=S1(=C)CCCc2cc(Nc3cc([C@H]4CCC(OC(=O)NC(C)C)C4)[nH]n3)ccc21.CC(C)NC(=O)OC1CC[C@H](c2cc(Nc3ccc4c(c3)S(=O)(=O)NC4)n[nH]2)C1. The van der Waals surface area contributed by atoms with E-state index >= 15 is 0 Å². The van der Waals surface area contributed by atoms with Crippen LogP contribution < -0.4 is 26.0 Å². The van der Waals surface area contributed by atoms with Gasteiger partial charge in [-0.25, -0.2) is 22.7 Å². The Hall–Kier alpha value is -5.00. The highest BCUT2D eigenvalue weighted by Gasteiger charge is 2.32. The molecule has 318 valence electrons. The first-order valence-corrected chi connectivity index (χ1v) is 24.0. The molecular formula is C42H57N9O6S2. The molecule has 4 atom stereocenters. The molecule has 15 nitrogen and oxygen atoms in total. The number of carbonyl (C=O) groups excluding carboxylic acids is 2. The van der Waals surface area contributed by atoms with Gasteiger partial charge in [0.25, 0.3) is 0 Å². The summed E-state index contributed by atoms with van der Waals surface area (Å²) in [6.45, 7) is 7.96. The summed E-state index contributed by atoms with van der Waals surface area (Å²) in [6, 6.07) is 15.9. The number of anilines is 4. The van der Waals surface area contributed by atoms with Crippen molar-refractivity contribution >= 4 is 66.2 Å². The average Bonchev–Trinajstić information content (AvgIpc) is 4.01. The van der Waals surface area contributed by atoms with E-state index in [-0.39, 0.29) is 42.4 Å². The Morgan fingerprint density at radius 2 is 1.27 bits per heavy atom. The summed E-state index contributed by atoms with van der Waals surface area (Å²) in [5, 5.41) is 27.0. The Labute approximate surface area is 347 Å². The Bertz CT molecular complexity index is 2370. The first-order valence-electron chi connectivity index (χ1n) is 20.4. The largest absolute Gasteiger partial charge is 0.446 e. The van der Waals surface area contributed by atoms with Crippen molar-refractivity contribution in [3.63, 3.8) is 0 Å². The van der Waals surface area contributed by atoms with Crippen LogP contribution >= 0.6 is 9.21 Å². The molecule has 2 aromatic heterocycles. The number of hydrogen-bond acceptors (Lipinski definition) is 10. The highest BCUT2D eigenvalue weighted by atomic mass is 32.2. The molecule has 2 amide bonds. The summed E-state index contributed by atoms with van der Waals surface area (Å²) in [5.41, 5.74) is 5.88. The number of benzene rings is 2. The summed E-state index contributed by atoms with van der Waals surface area (Å²) in [7, 11) is -4.57. The van der Waals surface area contributed by atoms with Crippen LogP contribution in [0.5, 0.6) is 0 Å².